The zero-order valence-corrected chi connectivity index (χ0v) is 14.1. The summed E-state index contributed by atoms with van der Waals surface area (Å²) in [7, 11) is 0. The van der Waals surface area contributed by atoms with Crippen LogP contribution in [-0.4, -0.2) is 51.6 Å². The Morgan fingerprint density at radius 2 is 1.61 bits per heavy atom. The van der Waals surface area contributed by atoms with Crippen LogP contribution in [0, 0.1) is 5.92 Å². The second-order valence-electron chi connectivity index (χ2n) is 6.13. The normalized spacial score (nSPS) is 15.0. The molecule has 0 fully saturated rings. The molecule has 8 nitrogen and oxygen atoms in total. The van der Waals surface area contributed by atoms with Crippen molar-refractivity contribution >= 4 is 23.6 Å². The Labute approximate surface area is 135 Å². The van der Waals surface area contributed by atoms with Gasteiger partial charge in [-0.3, -0.25) is 14.4 Å². The SMILES string of the molecule is CC(=O)[C@@H](NC(=O)C[C@@](O)(CC(=O)O)C(=O)OC(C)C)C(C)C. The third-order valence-electron chi connectivity index (χ3n) is 3.04. The summed E-state index contributed by atoms with van der Waals surface area (Å²) in [5.41, 5.74) is -2.49. The van der Waals surface area contributed by atoms with E-state index >= 15 is 0 Å². The summed E-state index contributed by atoms with van der Waals surface area (Å²) < 4.78 is 4.82. The van der Waals surface area contributed by atoms with Crippen molar-refractivity contribution in [2.24, 2.45) is 5.92 Å². The Balaban J connectivity index is 5.15. The quantitative estimate of drug-likeness (QED) is 0.517. The minimum absolute atomic E-state index is 0.188. The first kappa shape index (κ1) is 21.0. The molecule has 1 amide bonds. The fourth-order valence-corrected chi connectivity index (χ4v) is 2.01. The molecule has 0 aromatic carbocycles. The van der Waals surface area contributed by atoms with Crippen LogP contribution < -0.4 is 5.32 Å². The molecule has 0 saturated heterocycles. The first-order valence-electron chi connectivity index (χ1n) is 7.34. The molecule has 0 spiro atoms. The van der Waals surface area contributed by atoms with Crippen LogP contribution in [0.25, 0.3) is 0 Å². The van der Waals surface area contributed by atoms with Gasteiger partial charge in [0.15, 0.2) is 11.4 Å². The van der Waals surface area contributed by atoms with Crippen molar-refractivity contribution < 1.29 is 34.1 Å². The number of nitrogens with one attached hydrogen (secondary N) is 1. The number of esters is 1. The van der Waals surface area contributed by atoms with Gasteiger partial charge in [0.25, 0.3) is 0 Å². The molecular weight excluding hydrogens is 306 g/mol. The van der Waals surface area contributed by atoms with Crippen molar-refractivity contribution in [3.63, 3.8) is 0 Å². The summed E-state index contributed by atoms with van der Waals surface area (Å²) in [5, 5.41) is 21.5. The molecule has 0 heterocycles. The average Bonchev–Trinajstić information content (AvgIpc) is 2.33. The Hall–Kier alpha value is -1.96. The van der Waals surface area contributed by atoms with Crippen molar-refractivity contribution in [1.29, 1.82) is 0 Å². The largest absolute Gasteiger partial charge is 0.481 e. The lowest BCUT2D eigenvalue weighted by atomic mass is 9.94. The van der Waals surface area contributed by atoms with Crippen molar-refractivity contribution in [3.8, 4) is 0 Å². The summed E-state index contributed by atoms with van der Waals surface area (Å²) in [6.07, 6.45) is -2.36. The van der Waals surface area contributed by atoms with Crippen LogP contribution in [0.15, 0.2) is 0 Å². The van der Waals surface area contributed by atoms with E-state index < -0.39 is 48.4 Å². The fourth-order valence-electron chi connectivity index (χ4n) is 2.01. The molecule has 0 radical (unpaired) electrons. The van der Waals surface area contributed by atoms with Gasteiger partial charge in [-0.05, 0) is 26.7 Å². The van der Waals surface area contributed by atoms with Crippen LogP contribution in [-0.2, 0) is 23.9 Å². The molecule has 3 N–H and O–H groups in total. The zero-order chi connectivity index (χ0) is 18.4. The van der Waals surface area contributed by atoms with Crippen LogP contribution in [0.1, 0.15) is 47.5 Å². The second kappa shape index (κ2) is 8.61. The van der Waals surface area contributed by atoms with E-state index in [4.69, 9.17) is 9.84 Å². The lowest BCUT2D eigenvalue weighted by molar-refractivity contribution is -0.176. The van der Waals surface area contributed by atoms with E-state index in [1.54, 1.807) is 13.8 Å². The second-order valence-corrected chi connectivity index (χ2v) is 6.13. The zero-order valence-electron chi connectivity index (χ0n) is 14.1. The van der Waals surface area contributed by atoms with Gasteiger partial charge in [0, 0.05) is 0 Å². The number of aliphatic hydroxyl groups is 1. The average molecular weight is 331 g/mol. The van der Waals surface area contributed by atoms with Crippen molar-refractivity contribution in [2.45, 2.75) is 65.2 Å². The number of amides is 1. The van der Waals surface area contributed by atoms with Crippen molar-refractivity contribution in [1.82, 2.24) is 5.32 Å². The number of ether oxygens (including phenoxy) is 1. The first-order chi connectivity index (χ1) is 10.4. The van der Waals surface area contributed by atoms with Crippen LogP contribution in [0.4, 0.5) is 0 Å². The van der Waals surface area contributed by atoms with Gasteiger partial charge in [-0.1, -0.05) is 13.8 Å². The number of Topliss-reactive ketones (excluding diaryl/α,β-unsaturated/α-hetero) is 1. The summed E-state index contributed by atoms with van der Waals surface area (Å²) in [4.78, 5) is 46.3. The monoisotopic (exact) mass is 331 g/mol. The molecule has 0 rings (SSSR count). The van der Waals surface area contributed by atoms with Gasteiger partial charge < -0.3 is 20.3 Å². The number of hydrogen-bond donors (Lipinski definition) is 3. The molecule has 2 atom stereocenters. The molecular formula is C15H25NO7. The van der Waals surface area contributed by atoms with E-state index in [1.165, 1.54) is 20.8 Å². The smallest absolute Gasteiger partial charge is 0.339 e. The van der Waals surface area contributed by atoms with Crippen LogP contribution in [0.2, 0.25) is 0 Å². The van der Waals surface area contributed by atoms with E-state index in [9.17, 15) is 24.3 Å². The molecule has 0 aliphatic rings. The minimum Gasteiger partial charge on any atom is -0.481 e. The molecule has 0 aromatic heterocycles. The third kappa shape index (κ3) is 7.23. The number of hydrogen-bond acceptors (Lipinski definition) is 6. The predicted octanol–water partition coefficient (Wildman–Crippen LogP) is 0.264. The maximum Gasteiger partial charge on any atom is 0.339 e. The standard InChI is InChI=1S/C15H25NO7/c1-8(2)13(10(5)17)16-11(18)6-15(22,7-12(19)20)14(21)23-9(3)4/h8-9,13,22H,6-7H2,1-5H3,(H,16,18)(H,19,20)/t13-,15+/m0/s1. The Morgan fingerprint density at radius 1 is 1.09 bits per heavy atom. The van der Waals surface area contributed by atoms with Gasteiger partial charge in [0.1, 0.15) is 0 Å². The van der Waals surface area contributed by atoms with Crippen LogP contribution >= 0.6 is 0 Å². The summed E-state index contributed by atoms with van der Waals surface area (Å²) in [6.45, 7) is 7.82. The molecule has 0 saturated carbocycles. The van der Waals surface area contributed by atoms with Gasteiger partial charge in [-0.25, -0.2) is 4.79 Å². The van der Waals surface area contributed by atoms with Gasteiger partial charge in [0.2, 0.25) is 5.91 Å². The van der Waals surface area contributed by atoms with Gasteiger partial charge in [-0.2, -0.15) is 0 Å². The fraction of sp³-hybridized carbons (Fsp3) is 0.733. The number of ketones is 1. The first-order valence-corrected chi connectivity index (χ1v) is 7.34. The summed E-state index contributed by atoms with van der Waals surface area (Å²) >= 11 is 0. The number of aliphatic carboxylic acids is 1. The van der Waals surface area contributed by atoms with Crippen LogP contribution in [0.3, 0.4) is 0 Å². The maximum atomic E-state index is 12.0. The summed E-state index contributed by atoms with van der Waals surface area (Å²) in [5.74, 6) is -3.91. The molecule has 132 valence electrons. The number of rotatable bonds is 9. The molecule has 23 heavy (non-hydrogen) atoms. The minimum atomic E-state index is -2.49. The van der Waals surface area contributed by atoms with E-state index in [0.717, 1.165) is 0 Å². The van der Waals surface area contributed by atoms with E-state index in [0.29, 0.717) is 0 Å². The molecule has 0 unspecified atom stereocenters. The highest BCUT2D eigenvalue weighted by Crippen LogP contribution is 2.19. The Bertz CT molecular complexity index is 472. The Morgan fingerprint density at radius 3 is 1.96 bits per heavy atom. The van der Waals surface area contributed by atoms with Gasteiger partial charge >= 0.3 is 11.9 Å². The van der Waals surface area contributed by atoms with E-state index in [2.05, 4.69) is 5.32 Å². The summed E-state index contributed by atoms with van der Waals surface area (Å²) in [6, 6.07) is -0.780. The highest BCUT2D eigenvalue weighted by Gasteiger charge is 2.43. The van der Waals surface area contributed by atoms with Crippen LogP contribution in [0.5, 0.6) is 0 Å². The molecule has 8 heteroatoms. The lowest BCUT2D eigenvalue weighted by Gasteiger charge is -2.26. The molecule has 0 aromatic rings. The topological polar surface area (TPSA) is 130 Å². The number of carboxylic acids is 1. The van der Waals surface area contributed by atoms with E-state index in [1.807, 2.05) is 0 Å². The number of carboxylic acid groups (broad SMARTS) is 1. The van der Waals surface area contributed by atoms with E-state index in [-0.39, 0.29) is 11.7 Å². The predicted molar refractivity (Wildman–Crippen MR) is 80.5 cm³/mol. The Kier molecular flexibility index (Phi) is 7.88. The highest BCUT2D eigenvalue weighted by molar-refractivity contribution is 5.93. The van der Waals surface area contributed by atoms with Crippen molar-refractivity contribution in [2.75, 3.05) is 0 Å². The number of carbonyl (C=O) groups is 4. The van der Waals surface area contributed by atoms with Gasteiger partial charge in [-0.15, -0.1) is 0 Å². The highest BCUT2D eigenvalue weighted by atomic mass is 16.6. The third-order valence-corrected chi connectivity index (χ3v) is 3.04. The lowest BCUT2D eigenvalue weighted by Crippen LogP contribution is -2.50. The van der Waals surface area contributed by atoms with Gasteiger partial charge in [0.05, 0.1) is 25.0 Å². The maximum absolute atomic E-state index is 12.0. The molecule has 0 bridgehead atoms. The van der Waals surface area contributed by atoms with Crippen molar-refractivity contribution in [3.05, 3.63) is 0 Å². The number of carbonyl (C=O) groups excluding carboxylic acids is 3. The molecule has 0 aliphatic carbocycles. The molecule has 0 aliphatic heterocycles.